The summed E-state index contributed by atoms with van der Waals surface area (Å²) in [5.41, 5.74) is -0.954. The van der Waals surface area contributed by atoms with Crippen molar-refractivity contribution in [3.8, 4) is 6.07 Å². The van der Waals surface area contributed by atoms with E-state index in [9.17, 15) is 42.0 Å². The van der Waals surface area contributed by atoms with E-state index >= 15 is 0 Å². The van der Waals surface area contributed by atoms with Gasteiger partial charge in [-0.15, -0.1) is 0 Å². The van der Waals surface area contributed by atoms with Crippen molar-refractivity contribution in [3.05, 3.63) is 28.5 Å². The van der Waals surface area contributed by atoms with Gasteiger partial charge in [0.25, 0.3) is 0 Å². The molecule has 9 nitrogen and oxygen atoms in total. The number of piperidine rings is 1. The van der Waals surface area contributed by atoms with Crippen molar-refractivity contribution >= 4 is 40.9 Å². The number of rotatable bonds is 7. The van der Waals surface area contributed by atoms with Crippen molar-refractivity contribution in [1.82, 2.24) is 15.5 Å². The van der Waals surface area contributed by atoms with Crippen LogP contribution in [0.2, 0.25) is 5.02 Å². The lowest BCUT2D eigenvalue weighted by Crippen LogP contribution is -2.65. The van der Waals surface area contributed by atoms with Crippen LogP contribution in [0.15, 0.2) is 12.1 Å². The fourth-order valence-corrected chi connectivity index (χ4v) is 10.6. The van der Waals surface area contributed by atoms with Gasteiger partial charge in [-0.2, -0.15) is 18.4 Å². The number of nitrogens with one attached hydrogen (secondary N) is 3. The minimum atomic E-state index is -5.19. The molecule has 0 aromatic heterocycles. The molecule has 2 aliphatic heterocycles. The van der Waals surface area contributed by atoms with Crippen molar-refractivity contribution < 1.29 is 36.7 Å². The summed E-state index contributed by atoms with van der Waals surface area (Å²) in [4.78, 5) is 55.0. The molecule has 5 saturated carbocycles. The van der Waals surface area contributed by atoms with Crippen LogP contribution in [-0.2, 0) is 19.2 Å². The average molecular weight is 678 g/mol. The third kappa shape index (κ3) is 5.25. The molecule has 2 heterocycles. The van der Waals surface area contributed by atoms with Crippen LogP contribution in [-0.4, -0.2) is 59.4 Å². The lowest BCUT2D eigenvalue weighted by atomic mass is 9.47. The summed E-state index contributed by atoms with van der Waals surface area (Å²) in [5, 5.41) is 17.3. The van der Waals surface area contributed by atoms with Gasteiger partial charge in [-0.1, -0.05) is 25.4 Å². The van der Waals surface area contributed by atoms with Crippen molar-refractivity contribution in [2.75, 3.05) is 11.9 Å². The van der Waals surface area contributed by atoms with E-state index in [1.54, 1.807) is 0 Å². The van der Waals surface area contributed by atoms with Gasteiger partial charge in [-0.25, -0.2) is 4.39 Å². The summed E-state index contributed by atoms with van der Waals surface area (Å²) in [6.45, 7) is 4.03. The molecule has 3 N–H and O–H groups in total. The lowest BCUT2D eigenvalue weighted by Gasteiger charge is -2.59. The summed E-state index contributed by atoms with van der Waals surface area (Å²) in [6, 6.07) is 0.724. The van der Waals surface area contributed by atoms with Gasteiger partial charge in [0.05, 0.1) is 17.7 Å². The average Bonchev–Trinajstić information content (AvgIpc) is 3.26. The Kier molecular flexibility index (Phi) is 7.39. The highest BCUT2D eigenvalue weighted by atomic mass is 35.5. The molecular formula is C33H36ClF4N5O4. The first kappa shape index (κ1) is 32.2. The number of hydrogen-bond donors (Lipinski definition) is 3. The van der Waals surface area contributed by atoms with Gasteiger partial charge in [0.1, 0.15) is 23.9 Å². The molecule has 7 aliphatic rings. The summed E-state index contributed by atoms with van der Waals surface area (Å²) < 4.78 is 55.3. The molecule has 47 heavy (non-hydrogen) atoms. The Balaban J connectivity index is 1.15. The number of fused-ring (bicyclic) bond motifs is 2. The van der Waals surface area contributed by atoms with Gasteiger partial charge >= 0.3 is 12.1 Å². The first-order chi connectivity index (χ1) is 22.0. The summed E-state index contributed by atoms with van der Waals surface area (Å²) in [6.07, 6.45) is -0.843. The van der Waals surface area contributed by atoms with Crippen molar-refractivity contribution in [2.24, 2.45) is 40.4 Å². The number of nitriles is 1. The minimum Gasteiger partial charge on any atom is -0.339 e. The molecule has 6 unspecified atom stereocenters. The van der Waals surface area contributed by atoms with Crippen molar-refractivity contribution in [3.63, 3.8) is 0 Å². The van der Waals surface area contributed by atoms with E-state index in [0.29, 0.717) is 19.3 Å². The van der Waals surface area contributed by atoms with Crippen LogP contribution in [0, 0.1) is 57.6 Å². The second kappa shape index (κ2) is 10.8. The second-order valence-electron chi connectivity index (χ2n) is 15.4. The Morgan fingerprint density at radius 3 is 2.30 bits per heavy atom. The summed E-state index contributed by atoms with van der Waals surface area (Å²) in [7, 11) is 0. The number of likely N-dealkylation sites (tertiary alicyclic amines) is 1. The van der Waals surface area contributed by atoms with E-state index in [4.69, 9.17) is 11.6 Å². The Morgan fingerprint density at radius 1 is 1.11 bits per heavy atom. The number of alkyl halides is 3. The highest BCUT2D eigenvalue weighted by Gasteiger charge is 2.70. The number of hydrogen-bond acceptors (Lipinski definition) is 5. The molecule has 1 aromatic rings. The predicted molar refractivity (Wildman–Crippen MR) is 160 cm³/mol. The Hall–Kier alpha value is -3.40. The standard InChI is InChI=1S/C33H36ClF4N5O4/c1-31(2)21-13-43(29(46)26(42-30(47)33(36,37)38)32-9-14-3-15(10-32)5-16(4-14)11-32)25(23(21)31)28(45)40-18(12-39)8-20-19-6-17(34)7-22(35)24(19)41-27(20)44/h6-7,14-16,18,20-21,23,25-26H,3-5,8-11,13H2,1-2H3,(H,40,45)(H,41,44)(H,42,47). The van der Waals surface area contributed by atoms with Gasteiger partial charge in [0.2, 0.25) is 17.7 Å². The zero-order valence-corrected chi connectivity index (χ0v) is 26.7. The number of benzene rings is 1. The van der Waals surface area contributed by atoms with Gasteiger partial charge < -0.3 is 20.9 Å². The van der Waals surface area contributed by atoms with Crippen LogP contribution in [0.5, 0.6) is 0 Å². The number of carbonyl (C=O) groups excluding carboxylic acids is 4. The molecule has 0 radical (unpaired) electrons. The van der Waals surface area contributed by atoms with Crippen molar-refractivity contribution in [2.45, 2.75) is 89.0 Å². The third-order valence-corrected chi connectivity index (χ3v) is 12.4. The number of halogens is 5. The topological polar surface area (TPSA) is 131 Å². The molecule has 6 fully saturated rings. The Bertz CT molecular complexity index is 1570. The zero-order chi connectivity index (χ0) is 33.8. The van der Waals surface area contributed by atoms with Crippen LogP contribution in [0.3, 0.4) is 0 Å². The number of amides is 4. The maximum absolute atomic E-state index is 14.5. The van der Waals surface area contributed by atoms with E-state index in [1.165, 1.54) is 11.0 Å². The molecule has 14 heteroatoms. The van der Waals surface area contributed by atoms with Gasteiger partial charge in [-0.05, 0) is 97.6 Å². The molecule has 5 aliphatic carbocycles. The van der Waals surface area contributed by atoms with Crippen LogP contribution >= 0.6 is 11.6 Å². The van der Waals surface area contributed by atoms with Gasteiger partial charge in [-0.3, -0.25) is 19.2 Å². The molecule has 1 saturated heterocycles. The molecule has 6 atom stereocenters. The van der Waals surface area contributed by atoms with Crippen LogP contribution in [0.4, 0.5) is 23.2 Å². The largest absolute Gasteiger partial charge is 0.471 e. The Labute approximate surface area is 274 Å². The zero-order valence-electron chi connectivity index (χ0n) is 25.9. The normalized spacial score (nSPS) is 35.3. The van der Waals surface area contributed by atoms with Gasteiger partial charge in [0, 0.05) is 17.0 Å². The van der Waals surface area contributed by atoms with E-state index in [-0.39, 0.29) is 64.2 Å². The number of carbonyl (C=O) groups is 4. The summed E-state index contributed by atoms with van der Waals surface area (Å²) >= 11 is 6.02. The number of nitrogens with zero attached hydrogens (tertiary/aromatic N) is 2. The van der Waals surface area contributed by atoms with E-state index in [2.05, 4.69) is 16.0 Å². The molecule has 8 rings (SSSR count). The third-order valence-electron chi connectivity index (χ3n) is 12.2. The molecular weight excluding hydrogens is 642 g/mol. The Morgan fingerprint density at radius 2 is 1.72 bits per heavy atom. The minimum absolute atomic E-state index is 0.0424. The van der Waals surface area contributed by atoms with E-state index in [0.717, 1.165) is 25.3 Å². The van der Waals surface area contributed by atoms with E-state index in [1.807, 2.05) is 19.9 Å². The fraction of sp³-hybridized carbons (Fsp3) is 0.667. The monoisotopic (exact) mass is 677 g/mol. The molecule has 4 amide bonds. The van der Waals surface area contributed by atoms with Crippen molar-refractivity contribution in [1.29, 1.82) is 5.26 Å². The van der Waals surface area contributed by atoms with Crippen LogP contribution < -0.4 is 16.0 Å². The molecule has 0 spiro atoms. The molecule has 1 aromatic carbocycles. The first-order valence-corrected chi connectivity index (χ1v) is 16.6. The van der Waals surface area contributed by atoms with Crippen LogP contribution in [0.25, 0.3) is 0 Å². The highest BCUT2D eigenvalue weighted by molar-refractivity contribution is 6.31. The molecule has 252 valence electrons. The number of anilines is 1. The molecule has 4 bridgehead atoms. The maximum Gasteiger partial charge on any atom is 0.471 e. The smallest absolute Gasteiger partial charge is 0.339 e. The lowest BCUT2D eigenvalue weighted by molar-refractivity contribution is -0.179. The highest BCUT2D eigenvalue weighted by Crippen LogP contribution is 2.66. The van der Waals surface area contributed by atoms with Gasteiger partial charge in [0.15, 0.2) is 0 Å². The quantitative estimate of drug-likeness (QED) is 0.362. The van der Waals surface area contributed by atoms with E-state index < -0.39 is 65.1 Å². The summed E-state index contributed by atoms with van der Waals surface area (Å²) in [5.74, 6) is -5.38. The predicted octanol–water partition coefficient (Wildman–Crippen LogP) is 4.66. The maximum atomic E-state index is 14.5. The van der Waals surface area contributed by atoms with Crippen LogP contribution in [0.1, 0.15) is 70.3 Å². The fourth-order valence-electron chi connectivity index (χ4n) is 10.4. The first-order valence-electron chi connectivity index (χ1n) is 16.2. The second-order valence-corrected chi connectivity index (χ2v) is 15.8. The SMILES string of the molecule is CC1(C)C2CN(C(=O)C(NC(=O)C(F)(F)F)C34CC5CC(CC(C5)C3)C4)C(C(=O)NC(C#N)CC3C(=O)Nc4c(F)cc(Cl)cc43)C21.